The standard InChI is InChI=1S/C18H21ClN4OS/c1-11-5-4-8-22(10-11)15(13-6-3-7-14(19)9-13)16-17(24)23-18(25-16)20-12(2)21-23/h3,6-7,9,11,15,24H,4-5,8,10H2,1-2H3/t11-,15+/m0/s1. The number of piperidine rings is 1. The summed E-state index contributed by atoms with van der Waals surface area (Å²) >= 11 is 7.76. The molecule has 4 rings (SSSR count). The van der Waals surface area contributed by atoms with Gasteiger partial charge < -0.3 is 5.11 Å². The molecule has 2 atom stereocenters. The highest BCUT2D eigenvalue weighted by Gasteiger charge is 2.31. The number of hydrogen-bond acceptors (Lipinski definition) is 5. The number of aromatic hydroxyl groups is 1. The summed E-state index contributed by atoms with van der Waals surface area (Å²) in [7, 11) is 0. The number of fused-ring (bicyclic) bond motifs is 1. The normalized spacial score (nSPS) is 20.2. The van der Waals surface area contributed by atoms with Crippen molar-refractivity contribution in [1.29, 1.82) is 0 Å². The van der Waals surface area contributed by atoms with Crippen molar-refractivity contribution >= 4 is 27.9 Å². The number of thiazole rings is 1. The Labute approximate surface area is 155 Å². The quantitative estimate of drug-likeness (QED) is 0.741. The molecule has 5 nitrogen and oxygen atoms in total. The Bertz CT molecular complexity index is 906. The van der Waals surface area contributed by atoms with Crippen LogP contribution in [0, 0.1) is 12.8 Å². The molecular formula is C18H21ClN4OS. The highest BCUT2D eigenvalue weighted by Crippen LogP contribution is 2.41. The summed E-state index contributed by atoms with van der Waals surface area (Å²) < 4.78 is 1.54. The number of likely N-dealkylation sites (tertiary alicyclic amines) is 1. The number of nitrogens with zero attached hydrogens (tertiary/aromatic N) is 4. The SMILES string of the molecule is Cc1nc2sc([C@@H](c3cccc(Cl)c3)N3CCC[C@H](C)C3)c(O)n2n1. The van der Waals surface area contributed by atoms with E-state index in [1.165, 1.54) is 24.2 Å². The largest absolute Gasteiger partial charge is 0.492 e. The van der Waals surface area contributed by atoms with Crippen LogP contribution in [0.5, 0.6) is 5.88 Å². The van der Waals surface area contributed by atoms with Gasteiger partial charge in [0.2, 0.25) is 10.8 Å². The van der Waals surface area contributed by atoms with Gasteiger partial charge in [-0.05, 0) is 49.9 Å². The molecule has 1 aromatic carbocycles. The Balaban J connectivity index is 1.83. The molecule has 25 heavy (non-hydrogen) atoms. The zero-order valence-corrected chi connectivity index (χ0v) is 15.9. The summed E-state index contributed by atoms with van der Waals surface area (Å²) in [6.07, 6.45) is 2.41. The molecule has 0 spiro atoms. The Kier molecular flexibility index (Phi) is 4.43. The first-order valence-corrected chi connectivity index (χ1v) is 9.77. The fraction of sp³-hybridized carbons (Fsp3) is 0.444. The van der Waals surface area contributed by atoms with Crippen molar-refractivity contribution in [2.24, 2.45) is 5.92 Å². The van der Waals surface area contributed by atoms with Crippen LogP contribution in [0.4, 0.5) is 0 Å². The summed E-state index contributed by atoms with van der Waals surface area (Å²) in [5, 5.41) is 15.8. The van der Waals surface area contributed by atoms with Crippen LogP contribution in [0.15, 0.2) is 24.3 Å². The first-order chi connectivity index (χ1) is 12.0. The summed E-state index contributed by atoms with van der Waals surface area (Å²) in [5.74, 6) is 1.49. The third-order valence-corrected chi connectivity index (χ3v) is 6.08. The third-order valence-electron chi connectivity index (χ3n) is 4.77. The van der Waals surface area contributed by atoms with Crippen LogP contribution < -0.4 is 0 Å². The number of hydrogen-bond donors (Lipinski definition) is 1. The van der Waals surface area contributed by atoms with Crippen LogP contribution in [0.25, 0.3) is 4.96 Å². The summed E-state index contributed by atoms with van der Waals surface area (Å²) in [6, 6.07) is 7.89. The van der Waals surface area contributed by atoms with E-state index in [2.05, 4.69) is 28.0 Å². The molecule has 7 heteroatoms. The average Bonchev–Trinajstić information content (AvgIpc) is 3.06. The molecule has 1 aliphatic rings. The maximum atomic E-state index is 10.8. The topological polar surface area (TPSA) is 53.7 Å². The second-order valence-electron chi connectivity index (χ2n) is 6.84. The molecule has 0 amide bonds. The maximum Gasteiger partial charge on any atom is 0.230 e. The van der Waals surface area contributed by atoms with E-state index in [-0.39, 0.29) is 11.9 Å². The Morgan fingerprint density at radius 2 is 2.24 bits per heavy atom. The first kappa shape index (κ1) is 16.8. The number of rotatable bonds is 3. The molecule has 2 aromatic heterocycles. The van der Waals surface area contributed by atoms with Crippen LogP contribution in [-0.2, 0) is 0 Å². The van der Waals surface area contributed by atoms with E-state index in [0.29, 0.717) is 16.8 Å². The monoisotopic (exact) mass is 376 g/mol. The van der Waals surface area contributed by atoms with Gasteiger partial charge in [-0.2, -0.15) is 4.52 Å². The molecule has 0 bridgehead atoms. The zero-order valence-electron chi connectivity index (χ0n) is 14.3. The van der Waals surface area contributed by atoms with Crippen molar-refractivity contribution in [3.63, 3.8) is 0 Å². The molecular weight excluding hydrogens is 356 g/mol. The predicted molar refractivity (Wildman–Crippen MR) is 101 cm³/mol. The Morgan fingerprint density at radius 1 is 1.40 bits per heavy atom. The average molecular weight is 377 g/mol. The van der Waals surface area contributed by atoms with Crippen molar-refractivity contribution in [2.75, 3.05) is 13.1 Å². The second kappa shape index (κ2) is 6.59. The molecule has 1 aliphatic heterocycles. The van der Waals surface area contributed by atoms with E-state index in [9.17, 15) is 5.11 Å². The lowest BCUT2D eigenvalue weighted by Crippen LogP contribution is -2.37. The highest BCUT2D eigenvalue weighted by atomic mass is 35.5. The lowest BCUT2D eigenvalue weighted by atomic mass is 9.95. The molecule has 0 unspecified atom stereocenters. The van der Waals surface area contributed by atoms with Gasteiger partial charge in [-0.15, -0.1) is 5.10 Å². The van der Waals surface area contributed by atoms with Crippen molar-refractivity contribution in [1.82, 2.24) is 19.5 Å². The lowest BCUT2D eigenvalue weighted by molar-refractivity contribution is 0.149. The van der Waals surface area contributed by atoms with Gasteiger partial charge in [-0.25, -0.2) is 4.98 Å². The third kappa shape index (κ3) is 3.14. The van der Waals surface area contributed by atoms with E-state index in [0.717, 1.165) is 28.5 Å². The fourth-order valence-corrected chi connectivity index (χ4v) is 5.05. The smallest absolute Gasteiger partial charge is 0.230 e. The fourth-order valence-electron chi connectivity index (χ4n) is 3.69. The molecule has 1 fully saturated rings. The van der Waals surface area contributed by atoms with Crippen molar-refractivity contribution < 1.29 is 5.11 Å². The van der Waals surface area contributed by atoms with Gasteiger partial charge in [0.15, 0.2) is 0 Å². The van der Waals surface area contributed by atoms with Crippen LogP contribution in [0.1, 0.15) is 42.1 Å². The maximum absolute atomic E-state index is 10.8. The lowest BCUT2D eigenvalue weighted by Gasteiger charge is -2.37. The molecule has 0 radical (unpaired) electrons. The summed E-state index contributed by atoms with van der Waals surface area (Å²) in [5.41, 5.74) is 1.10. The van der Waals surface area contributed by atoms with E-state index in [4.69, 9.17) is 11.6 Å². The number of benzene rings is 1. The minimum atomic E-state index is -0.0322. The molecule has 3 aromatic rings. The van der Waals surface area contributed by atoms with E-state index in [1.54, 1.807) is 4.52 Å². The molecule has 0 aliphatic carbocycles. The first-order valence-electron chi connectivity index (χ1n) is 8.57. The minimum Gasteiger partial charge on any atom is -0.492 e. The molecule has 1 saturated heterocycles. The summed E-state index contributed by atoms with van der Waals surface area (Å²) in [4.78, 5) is 8.46. The van der Waals surface area contributed by atoms with Gasteiger partial charge in [0.1, 0.15) is 5.82 Å². The summed E-state index contributed by atoms with van der Waals surface area (Å²) in [6.45, 7) is 6.13. The number of aryl methyl sites for hydroxylation is 1. The molecule has 3 heterocycles. The van der Waals surface area contributed by atoms with E-state index >= 15 is 0 Å². The van der Waals surface area contributed by atoms with Crippen LogP contribution in [0.3, 0.4) is 0 Å². The predicted octanol–water partition coefficient (Wildman–Crippen LogP) is 4.28. The number of halogens is 1. The van der Waals surface area contributed by atoms with E-state index in [1.807, 2.05) is 25.1 Å². The molecule has 1 N–H and O–H groups in total. The Morgan fingerprint density at radius 3 is 2.96 bits per heavy atom. The van der Waals surface area contributed by atoms with Crippen LogP contribution in [-0.4, -0.2) is 37.7 Å². The van der Waals surface area contributed by atoms with Gasteiger partial charge in [-0.1, -0.05) is 42.0 Å². The minimum absolute atomic E-state index is 0.0322. The van der Waals surface area contributed by atoms with Gasteiger partial charge in [0, 0.05) is 11.6 Å². The van der Waals surface area contributed by atoms with Gasteiger partial charge in [-0.3, -0.25) is 4.90 Å². The highest BCUT2D eigenvalue weighted by molar-refractivity contribution is 7.17. The second-order valence-corrected chi connectivity index (χ2v) is 8.29. The van der Waals surface area contributed by atoms with Crippen LogP contribution >= 0.6 is 22.9 Å². The van der Waals surface area contributed by atoms with E-state index < -0.39 is 0 Å². The zero-order chi connectivity index (χ0) is 17.6. The Hall–Kier alpha value is -1.63. The van der Waals surface area contributed by atoms with Crippen molar-refractivity contribution in [3.05, 3.63) is 45.6 Å². The van der Waals surface area contributed by atoms with Crippen molar-refractivity contribution in [2.45, 2.75) is 32.7 Å². The van der Waals surface area contributed by atoms with Crippen LogP contribution in [0.2, 0.25) is 5.02 Å². The number of aromatic nitrogens is 3. The van der Waals surface area contributed by atoms with Crippen molar-refractivity contribution in [3.8, 4) is 5.88 Å². The molecule has 0 saturated carbocycles. The van der Waals surface area contributed by atoms with Gasteiger partial charge in [0.25, 0.3) is 0 Å². The van der Waals surface area contributed by atoms with Gasteiger partial charge >= 0.3 is 0 Å². The van der Waals surface area contributed by atoms with Gasteiger partial charge in [0.05, 0.1) is 10.9 Å². The molecule has 132 valence electrons.